The molecule has 118 valence electrons. The maximum absolute atomic E-state index is 10.5. The quantitative estimate of drug-likeness (QED) is 0.733. The molecule has 2 rings (SSSR count). The van der Waals surface area contributed by atoms with Crippen LogP contribution in [-0.4, -0.2) is 5.11 Å². The van der Waals surface area contributed by atoms with Gasteiger partial charge in [0.15, 0.2) is 0 Å². The van der Waals surface area contributed by atoms with Crippen molar-refractivity contribution in [1.82, 2.24) is 0 Å². The molecule has 0 unspecified atom stereocenters. The third-order valence-electron chi connectivity index (χ3n) is 4.67. The van der Waals surface area contributed by atoms with Gasteiger partial charge in [-0.2, -0.15) is 0 Å². The Morgan fingerprint density at radius 3 is 2.14 bits per heavy atom. The summed E-state index contributed by atoms with van der Waals surface area (Å²) in [6.07, 6.45) is 4.08. The summed E-state index contributed by atoms with van der Waals surface area (Å²) in [5, 5.41) is 10.5. The number of aromatic hydroxyl groups is 1. The van der Waals surface area contributed by atoms with Crippen LogP contribution in [0.25, 0.3) is 0 Å². The second kappa shape index (κ2) is 7.00. The highest BCUT2D eigenvalue weighted by atomic mass is 16.3. The molecule has 0 aliphatic rings. The summed E-state index contributed by atoms with van der Waals surface area (Å²) in [6, 6.07) is 15.0. The van der Waals surface area contributed by atoms with Crippen LogP contribution in [0.4, 0.5) is 0 Å². The number of rotatable bonds is 6. The molecular formula is C21H28O. The average Bonchev–Trinajstić information content (AvgIpc) is 2.54. The van der Waals surface area contributed by atoms with Crippen LogP contribution in [0.3, 0.4) is 0 Å². The number of aryl methyl sites for hydroxylation is 2. The minimum Gasteiger partial charge on any atom is -0.507 e. The van der Waals surface area contributed by atoms with Gasteiger partial charge in [-0.25, -0.2) is 0 Å². The lowest BCUT2D eigenvalue weighted by Crippen LogP contribution is -2.19. The van der Waals surface area contributed by atoms with Crippen molar-refractivity contribution in [3.63, 3.8) is 0 Å². The van der Waals surface area contributed by atoms with Crippen LogP contribution in [0, 0.1) is 0 Å². The van der Waals surface area contributed by atoms with Crippen molar-refractivity contribution in [3.8, 4) is 5.75 Å². The van der Waals surface area contributed by atoms with E-state index in [1.54, 1.807) is 0 Å². The fourth-order valence-electron chi connectivity index (χ4n) is 2.97. The topological polar surface area (TPSA) is 20.2 Å². The summed E-state index contributed by atoms with van der Waals surface area (Å²) in [7, 11) is 0. The summed E-state index contributed by atoms with van der Waals surface area (Å²) in [6.45, 7) is 8.82. The van der Waals surface area contributed by atoms with E-state index in [0.717, 1.165) is 36.8 Å². The van der Waals surface area contributed by atoms with E-state index in [0.29, 0.717) is 5.75 Å². The van der Waals surface area contributed by atoms with E-state index < -0.39 is 0 Å². The lowest BCUT2D eigenvalue weighted by molar-refractivity contribution is 0.459. The monoisotopic (exact) mass is 296 g/mol. The summed E-state index contributed by atoms with van der Waals surface area (Å²) >= 11 is 0. The Morgan fingerprint density at radius 2 is 1.55 bits per heavy atom. The molecule has 0 heterocycles. The smallest absolute Gasteiger partial charge is 0.121 e. The number of benzene rings is 2. The van der Waals surface area contributed by atoms with Crippen molar-refractivity contribution in [2.45, 2.75) is 58.8 Å². The highest BCUT2D eigenvalue weighted by Crippen LogP contribution is 2.36. The lowest BCUT2D eigenvalue weighted by Gasteiger charge is -2.28. The lowest BCUT2D eigenvalue weighted by atomic mass is 9.76. The zero-order chi connectivity index (χ0) is 16.2. The summed E-state index contributed by atoms with van der Waals surface area (Å²) in [5.74, 6) is 0.503. The third-order valence-corrected chi connectivity index (χ3v) is 4.67. The van der Waals surface area contributed by atoms with Crippen molar-refractivity contribution in [3.05, 3.63) is 64.7 Å². The maximum atomic E-state index is 10.5. The molecule has 1 N–H and O–H groups in total. The van der Waals surface area contributed by atoms with E-state index in [1.165, 1.54) is 11.1 Å². The van der Waals surface area contributed by atoms with E-state index in [1.807, 2.05) is 0 Å². The number of unbranched alkanes of at least 4 members (excludes halogenated alkanes) is 1. The van der Waals surface area contributed by atoms with Crippen LogP contribution in [0.1, 0.15) is 62.8 Å². The van der Waals surface area contributed by atoms with Crippen molar-refractivity contribution in [2.75, 3.05) is 0 Å². The first-order valence-electron chi connectivity index (χ1n) is 8.41. The van der Waals surface area contributed by atoms with Crippen molar-refractivity contribution < 1.29 is 5.11 Å². The fraction of sp³-hybridized carbons (Fsp3) is 0.429. The number of hydrogen-bond donors (Lipinski definition) is 1. The normalized spacial score (nSPS) is 11.6. The van der Waals surface area contributed by atoms with E-state index in [-0.39, 0.29) is 5.41 Å². The molecule has 1 nitrogen and oxygen atoms in total. The molecule has 22 heavy (non-hydrogen) atoms. The van der Waals surface area contributed by atoms with Crippen LogP contribution >= 0.6 is 0 Å². The predicted octanol–water partition coefficient (Wildman–Crippen LogP) is 5.62. The van der Waals surface area contributed by atoms with Gasteiger partial charge in [0.2, 0.25) is 0 Å². The van der Waals surface area contributed by atoms with Crippen LogP contribution in [0.5, 0.6) is 5.75 Å². The second-order valence-electron chi connectivity index (χ2n) is 6.59. The Labute approximate surface area is 135 Å². The van der Waals surface area contributed by atoms with E-state index in [9.17, 15) is 5.11 Å². The first-order valence-corrected chi connectivity index (χ1v) is 8.41. The average molecular weight is 296 g/mol. The van der Waals surface area contributed by atoms with Gasteiger partial charge in [-0.3, -0.25) is 0 Å². The van der Waals surface area contributed by atoms with Gasteiger partial charge in [-0.15, -0.1) is 0 Å². The molecule has 0 aromatic heterocycles. The molecule has 0 aliphatic carbocycles. The van der Waals surface area contributed by atoms with Gasteiger partial charge in [0.1, 0.15) is 5.75 Å². The van der Waals surface area contributed by atoms with Crippen LogP contribution in [0.2, 0.25) is 0 Å². The molecule has 0 saturated heterocycles. The minimum atomic E-state index is -0.0557. The highest BCUT2D eigenvalue weighted by molar-refractivity contribution is 5.49. The molecule has 0 spiro atoms. The molecule has 1 heteroatoms. The first-order chi connectivity index (χ1) is 10.5. The summed E-state index contributed by atoms with van der Waals surface area (Å²) < 4.78 is 0. The summed E-state index contributed by atoms with van der Waals surface area (Å²) in [5.41, 5.74) is 4.70. The Kier molecular flexibility index (Phi) is 5.28. The van der Waals surface area contributed by atoms with Gasteiger partial charge in [-0.1, -0.05) is 76.6 Å². The zero-order valence-electron chi connectivity index (χ0n) is 14.3. The molecule has 2 aromatic carbocycles. The Hall–Kier alpha value is -1.76. The Bertz CT molecular complexity index is 611. The van der Waals surface area contributed by atoms with Crippen molar-refractivity contribution >= 4 is 0 Å². The molecule has 0 amide bonds. The Morgan fingerprint density at radius 1 is 0.909 bits per heavy atom. The van der Waals surface area contributed by atoms with Gasteiger partial charge >= 0.3 is 0 Å². The molecule has 2 aromatic rings. The Balaban J connectivity index is 2.50. The molecule has 0 bridgehead atoms. The minimum absolute atomic E-state index is 0.0557. The molecule has 0 atom stereocenters. The summed E-state index contributed by atoms with van der Waals surface area (Å²) in [4.78, 5) is 0. The number of phenolic OH excluding ortho intramolecular Hbond substituents is 1. The van der Waals surface area contributed by atoms with Gasteiger partial charge in [-0.05, 0) is 41.5 Å². The van der Waals surface area contributed by atoms with Crippen LogP contribution in [0.15, 0.2) is 42.5 Å². The van der Waals surface area contributed by atoms with Gasteiger partial charge < -0.3 is 5.11 Å². The molecule has 0 fully saturated rings. The van der Waals surface area contributed by atoms with E-state index >= 15 is 0 Å². The van der Waals surface area contributed by atoms with Crippen molar-refractivity contribution in [2.24, 2.45) is 0 Å². The molecule has 0 radical (unpaired) electrons. The van der Waals surface area contributed by atoms with Crippen molar-refractivity contribution in [1.29, 1.82) is 0 Å². The number of hydrogen-bond acceptors (Lipinski definition) is 1. The van der Waals surface area contributed by atoms with Crippen LogP contribution in [-0.2, 0) is 18.3 Å². The van der Waals surface area contributed by atoms with E-state index in [2.05, 4.69) is 70.2 Å². The van der Waals surface area contributed by atoms with Gasteiger partial charge in [0.25, 0.3) is 0 Å². The second-order valence-corrected chi connectivity index (χ2v) is 6.59. The third kappa shape index (κ3) is 3.35. The molecule has 0 saturated carbocycles. The first kappa shape index (κ1) is 16.6. The highest BCUT2D eigenvalue weighted by Gasteiger charge is 2.24. The maximum Gasteiger partial charge on any atom is 0.121 e. The van der Waals surface area contributed by atoms with Crippen LogP contribution < -0.4 is 0 Å². The largest absolute Gasteiger partial charge is 0.507 e. The zero-order valence-corrected chi connectivity index (χ0v) is 14.3. The standard InChI is InChI=1S/C21H28O/c1-5-7-11-17-15-19(14-16(6-2)20(17)22)21(3,4)18-12-9-8-10-13-18/h8-10,12-15,22H,5-7,11H2,1-4H3. The van der Waals surface area contributed by atoms with E-state index in [4.69, 9.17) is 0 Å². The van der Waals surface area contributed by atoms with Gasteiger partial charge in [0, 0.05) is 5.41 Å². The SMILES string of the molecule is CCCCc1cc(C(C)(C)c2ccccc2)cc(CC)c1O. The predicted molar refractivity (Wildman–Crippen MR) is 94.7 cm³/mol. The number of phenols is 1. The fourth-order valence-corrected chi connectivity index (χ4v) is 2.97. The molecule has 0 aliphatic heterocycles. The van der Waals surface area contributed by atoms with Gasteiger partial charge in [0.05, 0.1) is 0 Å². The molecular weight excluding hydrogens is 268 g/mol.